The minimum absolute atomic E-state index is 0.0419. The molecule has 2 aromatic rings. The SMILES string of the molecule is COc1c(C)cc2c(c1O)[C@@H]1C3[C@@H]4SCC(=O)C(=O)OC[C@@H](c5c6c(c(C)c(OC(C)=O)c54)OCO6)N3C3(C#N)CN1[C@]2(C)C3. The highest BCUT2D eigenvalue weighted by molar-refractivity contribution is 8.00. The second-order valence-corrected chi connectivity index (χ2v) is 13.9. The zero-order valence-electron chi connectivity index (χ0n) is 25.4. The van der Waals surface area contributed by atoms with Crippen molar-refractivity contribution < 1.29 is 43.2 Å². The third-order valence-corrected chi connectivity index (χ3v) is 11.8. The molecule has 0 saturated carbocycles. The number of piperazine rings is 1. The van der Waals surface area contributed by atoms with Crippen LogP contribution in [0.15, 0.2) is 6.07 Å². The third kappa shape index (κ3) is 3.42. The number of hydrogen-bond donors (Lipinski definition) is 1. The van der Waals surface area contributed by atoms with Gasteiger partial charge in [0.25, 0.3) is 0 Å². The van der Waals surface area contributed by atoms with Gasteiger partial charge in [-0.1, -0.05) is 0 Å². The van der Waals surface area contributed by atoms with Crippen LogP contribution < -0.4 is 18.9 Å². The molecule has 0 amide bonds. The van der Waals surface area contributed by atoms with Crippen molar-refractivity contribution >= 4 is 29.5 Å². The molecule has 2 unspecified atom stereocenters. The van der Waals surface area contributed by atoms with Crippen molar-refractivity contribution in [2.45, 2.75) is 68.6 Å². The lowest BCUT2D eigenvalue weighted by atomic mass is 9.72. The summed E-state index contributed by atoms with van der Waals surface area (Å²) in [6, 6.07) is 2.98. The number of benzene rings is 2. The summed E-state index contributed by atoms with van der Waals surface area (Å²) in [4.78, 5) is 42.8. The number of methoxy groups -OCH3 is 1. The molecule has 0 aliphatic carbocycles. The Balaban J connectivity index is 1.48. The van der Waals surface area contributed by atoms with Crippen molar-refractivity contribution in [2.24, 2.45) is 0 Å². The number of carbonyl (C=O) groups is 3. The fourth-order valence-electron chi connectivity index (χ4n) is 9.02. The molecule has 6 atom stereocenters. The minimum Gasteiger partial charge on any atom is -0.504 e. The molecule has 1 N–H and O–H groups in total. The van der Waals surface area contributed by atoms with Crippen LogP contribution in [0.2, 0.25) is 0 Å². The van der Waals surface area contributed by atoms with Gasteiger partial charge in [-0.3, -0.25) is 19.4 Å². The summed E-state index contributed by atoms with van der Waals surface area (Å²) in [7, 11) is 1.52. The summed E-state index contributed by atoms with van der Waals surface area (Å²) >= 11 is 1.24. The van der Waals surface area contributed by atoms with Crippen molar-refractivity contribution in [3.05, 3.63) is 39.4 Å². The van der Waals surface area contributed by atoms with E-state index in [0.29, 0.717) is 58.2 Å². The van der Waals surface area contributed by atoms with Crippen LogP contribution in [0, 0.1) is 25.2 Å². The summed E-state index contributed by atoms with van der Waals surface area (Å²) in [6.45, 7) is 7.17. The number of carbonyl (C=O) groups excluding carboxylic acids is 3. The highest BCUT2D eigenvalue weighted by atomic mass is 32.2. The van der Waals surface area contributed by atoms with Crippen LogP contribution in [-0.4, -0.2) is 77.0 Å². The predicted octanol–water partition coefficient (Wildman–Crippen LogP) is 3.25. The van der Waals surface area contributed by atoms with Gasteiger partial charge in [-0.25, -0.2) is 4.79 Å². The molecule has 0 radical (unpaired) electrons. The summed E-state index contributed by atoms with van der Waals surface area (Å²) in [5.74, 6) is -0.775. The Morgan fingerprint density at radius 2 is 1.91 bits per heavy atom. The second kappa shape index (κ2) is 9.28. The fourth-order valence-corrected chi connectivity index (χ4v) is 10.3. The molecule has 6 heterocycles. The molecule has 3 saturated heterocycles. The molecule has 0 spiro atoms. The van der Waals surface area contributed by atoms with Crippen molar-refractivity contribution in [1.82, 2.24) is 9.80 Å². The van der Waals surface area contributed by atoms with E-state index < -0.39 is 52.2 Å². The number of esters is 2. The summed E-state index contributed by atoms with van der Waals surface area (Å²) in [5.41, 5.74) is 2.60. The second-order valence-electron chi connectivity index (χ2n) is 12.8. The molecule has 0 aromatic heterocycles. The number of nitriles is 1. The quantitative estimate of drug-likeness (QED) is 0.293. The van der Waals surface area contributed by atoms with Gasteiger partial charge >= 0.3 is 11.9 Å². The van der Waals surface area contributed by atoms with Crippen molar-refractivity contribution in [2.75, 3.05) is 32.8 Å². The highest BCUT2D eigenvalue weighted by Crippen LogP contribution is 2.71. The number of fused-ring (bicyclic) bond motifs is 9. The van der Waals surface area contributed by atoms with Gasteiger partial charge in [0.05, 0.1) is 36.3 Å². The molecule has 2 aromatic carbocycles. The lowest BCUT2D eigenvalue weighted by Gasteiger charge is -2.58. The number of Topliss-reactive ketones (excluding diaryl/α,β-unsaturated/α-hetero) is 1. The van der Waals surface area contributed by atoms with Gasteiger partial charge in [0, 0.05) is 53.7 Å². The van der Waals surface area contributed by atoms with E-state index in [-0.39, 0.29) is 24.9 Å². The van der Waals surface area contributed by atoms with Crippen LogP contribution in [0.3, 0.4) is 0 Å². The van der Waals surface area contributed by atoms with Crippen LogP contribution in [-0.2, 0) is 24.7 Å². The first-order chi connectivity index (χ1) is 21.5. The lowest BCUT2D eigenvalue weighted by molar-refractivity contribution is -0.156. The van der Waals surface area contributed by atoms with Gasteiger partial charge in [0.1, 0.15) is 17.9 Å². The van der Waals surface area contributed by atoms with Gasteiger partial charge in [0.2, 0.25) is 12.6 Å². The van der Waals surface area contributed by atoms with E-state index in [2.05, 4.69) is 22.8 Å². The topological polar surface area (TPSA) is 148 Å². The zero-order chi connectivity index (χ0) is 31.7. The molecular formula is C32H31N3O9S. The standard InChI is InChI=1S/C32H31N3O9S/c1-13-6-16-19(24(38)25(13)40-5)22-23-29-21-20(28-27(42-12-43-28)14(2)26(21)44-15(3)36)17(7-41-30(39)18(37)8-45-29)35(23)32(10-33)9-31(16,4)34(22)11-32/h6,17,22-23,29,38H,7-9,11-12H2,1-5H3/t17-,22+,23?,29+,31+,32?/m0/s1. The third-order valence-electron chi connectivity index (χ3n) is 10.5. The number of ketones is 1. The molecule has 6 aliphatic rings. The number of cyclic esters (lactones) is 1. The molecule has 3 fully saturated rings. The van der Waals surface area contributed by atoms with E-state index in [4.69, 9.17) is 23.7 Å². The van der Waals surface area contributed by atoms with E-state index >= 15 is 0 Å². The van der Waals surface area contributed by atoms with E-state index in [1.54, 1.807) is 6.92 Å². The molecule has 45 heavy (non-hydrogen) atoms. The molecule has 6 aliphatic heterocycles. The first-order valence-electron chi connectivity index (χ1n) is 14.8. The van der Waals surface area contributed by atoms with Crippen LogP contribution in [0.25, 0.3) is 0 Å². The first-order valence-corrected chi connectivity index (χ1v) is 15.9. The number of phenols is 1. The first kappa shape index (κ1) is 28.5. The van der Waals surface area contributed by atoms with E-state index in [1.165, 1.54) is 25.8 Å². The van der Waals surface area contributed by atoms with E-state index in [1.807, 2.05) is 13.0 Å². The molecule has 12 nitrogen and oxygen atoms in total. The Morgan fingerprint density at radius 3 is 2.62 bits per heavy atom. The average Bonchev–Trinajstić information content (AvgIpc) is 3.65. The maximum atomic E-state index is 13.0. The Kier molecular flexibility index (Phi) is 5.87. The monoisotopic (exact) mass is 633 g/mol. The van der Waals surface area contributed by atoms with E-state index in [0.717, 1.165) is 11.1 Å². The number of hydrogen-bond acceptors (Lipinski definition) is 13. The van der Waals surface area contributed by atoms with Gasteiger partial charge < -0.3 is 28.8 Å². The number of phenolic OH excluding ortho intramolecular Hbond substituents is 1. The van der Waals surface area contributed by atoms with Crippen LogP contribution in [0.5, 0.6) is 28.7 Å². The number of rotatable bonds is 2. The fraction of sp³-hybridized carbons (Fsp3) is 0.500. The van der Waals surface area contributed by atoms with Crippen LogP contribution in [0.4, 0.5) is 0 Å². The molecular weight excluding hydrogens is 602 g/mol. The Hall–Kier alpha value is -3.99. The number of nitrogens with zero attached hydrogens (tertiary/aromatic N) is 3. The van der Waals surface area contributed by atoms with Gasteiger partial charge in [0.15, 0.2) is 23.0 Å². The smallest absolute Gasteiger partial charge is 0.375 e. The van der Waals surface area contributed by atoms with Crippen LogP contribution in [0.1, 0.15) is 71.0 Å². The molecule has 13 heteroatoms. The molecule has 8 rings (SSSR count). The van der Waals surface area contributed by atoms with E-state index in [9.17, 15) is 24.8 Å². The number of ether oxygens (including phenoxy) is 5. The van der Waals surface area contributed by atoms with Gasteiger partial charge in [-0.2, -0.15) is 5.26 Å². The summed E-state index contributed by atoms with van der Waals surface area (Å²) in [5, 5.41) is 22.3. The van der Waals surface area contributed by atoms with Crippen LogP contribution >= 0.6 is 11.8 Å². The molecule has 234 valence electrons. The number of thioether (sulfide) groups is 1. The van der Waals surface area contributed by atoms with Crippen molar-refractivity contribution in [3.8, 4) is 34.8 Å². The van der Waals surface area contributed by atoms with Gasteiger partial charge in [-0.05, 0) is 38.0 Å². The largest absolute Gasteiger partial charge is 0.504 e. The molecule has 4 bridgehead atoms. The zero-order valence-corrected chi connectivity index (χ0v) is 26.2. The highest BCUT2D eigenvalue weighted by Gasteiger charge is 2.72. The maximum absolute atomic E-state index is 13.0. The lowest BCUT2D eigenvalue weighted by Crippen LogP contribution is -2.66. The Labute approximate surface area is 263 Å². The average molecular weight is 634 g/mol. The summed E-state index contributed by atoms with van der Waals surface area (Å²) in [6.07, 6.45) is 0.417. The minimum atomic E-state index is -1.04. The van der Waals surface area contributed by atoms with Crippen molar-refractivity contribution in [1.29, 1.82) is 5.26 Å². The predicted molar refractivity (Wildman–Crippen MR) is 157 cm³/mol. The Bertz CT molecular complexity index is 1810. The Morgan fingerprint density at radius 1 is 1.16 bits per heavy atom. The van der Waals surface area contributed by atoms with Crippen molar-refractivity contribution in [3.63, 3.8) is 0 Å². The maximum Gasteiger partial charge on any atom is 0.375 e. The number of aryl methyl sites for hydroxylation is 1. The van der Waals surface area contributed by atoms with Gasteiger partial charge in [-0.15, -0.1) is 11.8 Å². The summed E-state index contributed by atoms with van der Waals surface area (Å²) < 4.78 is 29.2. The number of aromatic hydroxyl groups is 1. The normalized spacial score (nSPS) is 32.4.